The van der Waals surface area contributed by atoms with Gasteiger partial charge in [-0.1, -0.05) is 12.1 Å². The van der Waals surface area contributed by atoms with Crippen molar-refractivity contribution in [3.8, 4) is 17.2 Å². The van der Waals surface area contributed by atoms with E-state index in [0.717, 1.165) is 11.3 Å². The monoisotopic (exact) mass is 326 g/mol. The predicted molar refractivity (Wildman–Crippen MR) is 89.8 cm³/mol. The van der Waals surface area contributed by atoms with Gasteiger partial charge in [-0.3, -0.25) is 10.00 Å². The number of anilines is 1. The Morgan fingerprint density at radius 3 is 2.92 bits per heavy atom. The molecule has 0 aliphatic heterocycles. The number of aryl methyl sites for hydroxylation is 1. The SMILES string of the molecule is COc1cccc(CNC(=O)Nc2cc(-c3ccco3)nn2C)c1. The molecule has 3 aromatic rings. The fourth-order valence-electron chi connectivity index (χ4n) is 2.25. The minimum Gasteiger partial charge on any atom is -0.497 e. The number of nitrogens with one attached hydrogen (secondary N) is 2. The second-order valence-electron chi connectivity index (χ2n) is 5.17. The number of amides is 2. The summed E-state index contributed by atoms with van der Waals surface area (Å²) in [6.45, 7) is 0.395. The number of hydrogen-bond donors (Lipinski definition) is 2. The van der Waals surface area contributed by atoms with E-state index in [0.29, 0.717) is 23.8 Å². The Balaban J connectivity index is 1.60. The second-order valence-corrected chi connectivity index (χ2v) is 5.17. The fraction of sp³-hybridized carbons (Fsp3) is 0.176. The number of carbonyl (C=O) groups excluding carboxylic acids is 1. The lowest BCUT2D eigenvalue weighted by atomic mass is 10.2. The lowest BCUT2D eigenvalue weighted by Gasteiger charge is -2.08. The van der Waals surface area contributed by atoms with Gasteiger partial charge in [0.25, 0.3) is 0 Å². The maximum Gasteiger partial charge on any atom is 0.320 e. The zero-order chi connectivity index (χ0) is 16.9. The molecule has 2 N–H and O–H groups in total. The Bertz CT molecular complexity index is 824. The minimum absolute atomic E-state index is 0.313. The molecule has 0 bridgehead atoms. The number of urea groups is 1. The molecule has 0 atom stereocenters. The highest BCUT2D eigenvalue weighted by atomic mass is 16.5. The summed E-state index contributed by atoms with van der Waals surface area (Å²) < 4.78 is 12.1. The van der Waals surface area contributed by atoms with E-state index in [9.17, 15) is 4.79 Å². The van der Waals surface area contributed by atoms with Crippen LogP contribution in [0.1, 0.15) is 5.56 Å². The second kappa shape index (κ2) is 6.91. The Morgan fingerprint density at radius 1 is 1.29 bits per heavy atom. The van der Waals surface area contributed by atoms with Crippen LogP contribution in [0.15, 0.2) is 53.1 Å². The highest BCUT2D eigenvalue weighted by Crippen LogP contribution is 2.21. The zero-order valence-corrected chi connectivity index (χ0v) is 13.4. The van der Waals surface area contributed by atoms with Gasteiger partial charge in [-0.25, -0.2) is 4.79 Å². The molecule has 0 radical (unpaired) electrons. The molecule has 7 heteroatoms. The van der Waals surface area contributed by atoms with E-state index in [4.69, 9.17) is 9.15 Å². The lowest BCUT2D eigenvalue weighted by molar-refractivity contribution is 0.251. The third-order valence-electron chi connectivity index (χ3n) is 3.48. The molecule has 3 rings (SSSR count). The standard InChI is InChI=1S/C17H18N4O3/c1-21-16(10-14(20-21)15-7-4-8-24-15)19-17(22)18-11-12-5-3-6-13(9-12)23-2/h3-10H,11H2,1-2H3,(H2,18,19,22). The number of methoxy groups -OCH3 is 1. The molecule has 124 valence electrons. The molecule has 2 amide bonds. The number of ether oxygens (including phenoxy) is 1. The molecule has 0 aliphatic carbocycles. The van der Waals surface area contributed by atoms with Crippen LogP contribution in [0.3, 0.4) is 0 Å². The first kappa shape index (κ1) is 15.7. The van der Waals surface area contributed by atoms with Crippen LogP contribution < -0.4 is 15.4 Å². The summed E-state index contributed by atoms with van der Waals surface area (Å²) in [6.07, 6.45) is 1.58. The van der Waals surface area contributed by atoms with Crippen LogP contribution in [-0.4, -0.2) is 22.9 Å². The minimum atomic E-state index is -0.313. The first-order chi connectivity index (χ1) is 11.7. The third-order valence-corrected chi connectivity index (χ3v) is 3.48. The number of benzene rings is 1. The number of aromatic nitrogens is 2. The molecular formula is C17H18N4O3. The van der Waals surface area contributed by atoms with Crippen LogP contribution in [-0.2, 0) is 13.6 Å². The van der Waals surface area contributed by atoms with Crippen molar-refractivity contribution in [3.63, 3.8) is 0 Å². The van der Waals surface area contributed by atoms with E-state index in [1.165, 1.54) is 0 Å². The van der Waals surface area contributed by atoms with Crippen LogP contribution in [0, 0.1) is 0 Å². The molecule has 2 heterocycles. The van der Waals surface area contributed by atoms with Gasteiger partial charge in [0.1, 0.15) is 17.3 Å². The molecule has 0 spiro atoms. The lowest BCUT2D eigenvalue weighted by Crippen LogP contribution is -2.29. The van der Waals surface area contributed by atoms with Gasteiger partial charge in [0.05, 0.1) is 13.4 Å². The van der Waals surface area contributed by atoms with Crippen molar-refractivity contribution in [2.24, 2.45) is 7.05 Å². The highest BCUT2D eigenvalue weighted by Gasteiger charge is 2.11. The summed E-state index contributed by atoms with van der Waals surface area (Å²) in [7, 11) is 3.36. The average molecular weight is 326 g/mol. The average Bonchev–Trinajstić information content (AvgIpc) is 3.24. The van der Waals surface area contributed by atoms with E-state index < -0.39 is 0 Å². The molecular weight excluding hydrogens is 308 g/mol. The van der Waals surface area contributed by atoms with Crippen LogP contribution in [0.4, 0.5) is 10.6 Å². The van der Waals surface area contributed by atoms with Gasteiger partial charge in [0.2, 0.25) is 0 Å². The fourth-order valence-corrected chi connectivity index (χ4v) is 2.25. The van der Waals surface area contributed by atoms with Crippen molar-refractivity contribution in [1.29, 1.82) is 0 Å². The number of furan rings is 1. The predicted octanol–water partition coefficient (Wildman–Crippen LogP) is 3.01. The zero-order valence-electron chi connectivity index (χ0n) is 13.4. The quantitative estimate of drug-likeness (QED) is 0.755. The van der Waals surface area contributed by atoms with E-state index in [1.807, 2.05) is 30.3 Å². The van der Waals surface area contributed by atoms with Crippen LogP contribution >= 0.6 is 0 Å². The Labute approximate surface area is 139 Å². The molecule has 0 aliphatic rings. The molecule has 1 aromatic carbocycles. The van der Waals surface area contributed by atoms with Crippen molar-refractivity contribution < 1.29 is 13.9 Å². The van der Waals surface area contributed by atoms with Gasteiger partial charge in [0.15, 0.2) is 5.76 Å². The van der Waals surface area contributed by atoms with Gasteiger partial charge in [-0.05, 0) is 29.8 Å². The van der Waals surface area contributed by atoms with Crippen molar-refractivity contribution in [2.75, 3.05) is 12.4 Å². The Kier molecular flexibility index (Phi) is 4.51. The van der Waals surface area contributed by atoms with Crippen molar-refractivity contribution >= 4 is 11.8 Å². The van der Waals surface area contributed by atoms with E-state index >= 15 is 0 Å². The number of nitrogens with zero attached hydrogens (tertiary/aromatic N) is 2. The maximum absolute atomic E-state index is 12.1. The summed E-state index contributed by atoms with van der Waals surface area (Å²) in [5.41, 5.74) is 1.61. The van der Waals surface area contributed by atoms with Crippen molar-refractivity contribution in [3.05, 3.63) is 54.3 Å². The molecule has 0 saturated heterocycles. The number of hydrogen-bond acceptors (Lipinski definition) is 4. The van der Waals surface area contributed by atoms with Gasteiger partial charge >= 0.3 is 6.03 Å². The summed E-state index contributed by atoms with van der Waals surface area (Å²) in [6, 6.07) is 12.6. The first-order valence-electron chi connectivity index (χ1n) is 7.41. The summed E-state index contributed by atoms with van der Waals surface area (Å²) >= 11 is 0. The molecule has 7 nitrogen and oxygen atoms in total. The third kappa shape index (κ3) is 3.57. The topological polar surface area (TPSA) is 81.3 Å². The number of carbonyl (C=O) groups is 1. The van der Waals surface area contributed by atoms with Gasteiger partial charge in [-0.15, -0.1) is 0 Å². The largest absolute Gasteiger partial charge is 0.497 e. The summed E-state index contributed by atoms with van der Waals surface area (Å²) in [5.74, 6) is 1.98. The van der Waals surface area contributed by atoms with Crippen LogP contribution in [0.2, 0.25) is 0 Å². The van der Waals surface area contributed by atoms with E-state index in [1.54, 1.807) is 37.2 Å². The van der Waals surface area contributed by atoms with Gasteiger partial charge in [-0.2, -0.15) is 5.10 Å². The van der Waals surface area contributed by atoms with Crippen LogP contribution in [0.25, 0.3) is 11.5 Å². The first-order valence-corrected chi connectivity index (χ1v) is 7.41. The molecule has 0 saturated carbocycles. The molecule has 0 fully saturated rings. The summed E-state index contributed by atoms with van der Waals surface area (Å²) in [5, 5.41) is 9.88. The molecule has 2 aromatic heterocycles. The normalized spacial score (nSPS) is 10.4. The van der Waals surface area contributed by atoms with Crippen molar-refractivity contribution in [2.45, 2.75) is 6.54 Å². The number of rotatable bonds is 5. The van der Waals surface area contributed by atoms with Gasteiger partial charge in [0, 0.05) is 19.7 Å². The van der Waals surface area contributed by atoms with Crippen LogP contribution in [0.5, 0.6) is 5.75 Å². The van der Waals surface area contributed by atoms with E-state index in [-0.39, 0.29) is 6.03 Å². The highest BCUT2D eigenvalue weighted by molar-refractivity contribution is 5.88. The van der Waals surface area contributed by atoms with E-state index in [2.05, 4.69) is 15.7 Å². The smallest absolute Gasteiger partial charge is 0.320 e. The Hall–Kier alpha value is -3.22. The molecule has 24 heavy (non-hydrogen) atoms. The Morgan fingerprint density at radius 2 is 2.17 bits per heavy atom. The maximum atomic E-state index is 12.1. The molecule has 0 unspecified atom stereocenters. The van der Waals surface area contributed by atoms with Gasteiger partial charge < -0.3 is 14.5 Å². The summed E-state index contributed by atoms with van der Waals surface area (Å²) in [4.78, 5) is 12.1. The van der Waals surface area contributed by atoms with Crippen molar-refractivity contribution in [1.82, 2.24) is 15.1 Å².